The summed E-state index contributed by atoms with van der Waals surface area (Å²) in [6, 6.07) is 0. The molecule has 1 amide bonds. The summed E-state index contributed by atoms with van der Waals surface area (Å²) < 4.78 is 1.40. The van der Waals surface area contributed by atoms with Crippen molar-refractivity contribution in [1.29, 1.82) is 0 Å². The van der Waals surface area contributed by atoms with Crippen molar-refractivity contribution >= 4 is 17.4 Å². The minimum atomic E-state index is -0.528. The van der Waals surface area contributed by atoms with Crippen LogP contribution in [0.25, 0.3) is 0 Å². The highest BCUT2D eigenvalue weighted by molar-refractivity contribution is 5.82. The average Bonchev–Trinajstić information content (AvgIpc) is 2.62. The number of amides is 1. The average molecular weight is 365 g/mol. The van der Waals surface area contributed by atoms with E-state index >= 15 is 0 Å². The van der Waals surface area contributed by atoms with Crippen LogP contribution in [0.4, 0.5) is 11.5 Å². The molecule has 1 saturated heterocycles. The Kier molecular flexibility index (Phi) is 7.29. The number of aromatic amines is 1. The zero-order chi connectivity index (χ0) is 19.1. The Morgan fingerprint density at radius 2 is 1.85 bits per heavy atom. The van der Waals surface area contributed by atoms with Crippen LogP contribution >= 0.6 is 0 Å². The topological polar surface area (TPSA) is 104 Å². The predicted molar refractivity (Wildman–Crippen MR) is 104 cm³/mol. The summed E-state index contributed by atoms with van der Waals surface area (Å²) >= 11 is 0. The molecule has 0 aliphatic carbocycles. The van der Waals surface area contributed by atoms with E-state index in [1.54, 1.807) is 4.90 Å². The van der Waals surface area contributed by atoms with Crippen LogP contribution in [0.15, 0.2) is 9.59 Å². The Balaban J connectivity index is 2.31. The Bertz CT molecular complexity index is 719. The molecule has 1 aromatic rings. The van der Waals surface area contributed by atoms with Crippen LogP contribution in [0.3, 0.4) is 0 Å². The van der Waals surface area contributed by atoms with Gasteiger partial charge in [0.2, 0.25) is 5.91 Å². The number of likely N-dealkylation sites (tertiary alicyclic amines) is 1. The maximum absolute atomic E-state index is 12.7. The number of aromatic nitrogens is 2. The fourth-order valence-corrected chi connectivity index (χ4v) is 3.37. The maximum Gasteiger partial charge on any atom is 0.330 e. The fraction of sp³-hybridized carbons (Fsp3) is 0.722. The number of hydrogen-bond donors (Lipinski definition) is 2. The number of anilines is 2. The minimum Gasteiger partial charge on any atom is -0.383 e. The first-order chi connectivity index (χ1) is 12.5. The van der Waals surface area contributed by atoms with E-state index in [1.165, 1.54) is 4.57 Å². The van der Waals surface area contributed by atoms with Gasteiger partial charge < -0.3 is 15.5 Å². The second kappa shape index (κ2) is 9.45. The first-order valence-corrected chi connectivity index (χ1v) is 9.64. The summed E-state index contributed by atoms with van der Waals surface area (Å²) in [7, 11) is 0. The van der Waals surface area contributed by atoms with E-state index in [4.69, 9.17) is 5.73 Å². The molecule has 2 heterocycles. The molecule has 1 aliphatic heterocycles. The molecule has 2 rings (SSSR count). The molecule has 0 bridgehead atoms. The van der Waals surface area contributed by atoms with Crippen molar-refractivity contribution in [2.45, 2.75) is 58.9 Å². The van der Waals surface area contributed by atoms with E-state index in [2.05, 4.69) is 4.98 Å². The molecule has 0 saturated carbocycles. The van der Waals surface area contributed by atoms with E-state index in [0.717, 1.165) is 51.6 Å². The summed E-state index contributed by atoms with van der Waals surface area (Å²) in [5.41, 5.74) is 5.39. The van der Waals surface area contributed by atoms with Crippen LogP contribution < -0.4 is 21.9 Å². The third-order valence-corrected chi connectivity index (χ3v) is 4.79. The normalized spacial score (nSPS) is 14.5. The number of nitrogens with two attached hydrogens (primary N) is 1. The third kappa shape index (κ3) is 4.68. The van der Waals surface area contributed by atoms with Gasteiger partial charge in [-0.2, -0.15) is 0 Å². The smallest absolute Gasteiger partial charge is 0.330 e. The van der Waals surface area contributed by atoms with Crippen molar-refractivity contribution in [3.8, 4) is 0 Å². The first-order valence-electron chi connectivity index (χ1n) is 9.64. The largest absolute Gasteiger partial charge is 0.383 e. The van der Waals surface area contributed by atoms with Gasteiger partial charge in [-0.25, -0.2) is 4.79 Å². The summed E-state index contributed by atoms with van der Waals surface area (Å²) in [4.78, 5) is 43.1. The molecule has 3 N–H and O–H groups in total. The van der Waals surface area contributed by atoms with E-state index in [0.29, 0.717) is 13.1 Å². The van der Waals surface area contributed by atoms with Crippen molar-refractivity contribution in [2.24, 2.45) is 0 Å². The number of nitrogen functional groups attached to an aromatic ring is 1. The van der Waals surface area contributed by atoms with E-state index in [9.17, 15) is 14.4 Å². The van der Waals surface area contributed by atoms with Gasteiger partial charge in [0, 0.05) is 26.2 Å². The number of carbonyl (C=O) groups excluding carboxylic acids is 1. The molecule has 0 unspecified atom stereocenters. The highest BCUT2D eigenvalue weighted by Gasteiger charge is 2.23. The highest BCUT2D eigenvalue weighted by atomic mass is 16.2. The lowest BCUT2D eigenvalue weighted by molar-refractivity contribution is -0.130. The van der Waals surface area contributed by atoms with Gasteiger partial charge in [0.05, 0.1) is 6.54 Å². The lowest BCUT2D eigenvalue weighted by atomic mass is 10.1. The summed E-state index contributed by atoms with van der Waals surface area (Å²) in [6.07, 6.45) is 5.65. The van der Waals surface area contributed by atoms with Crippen molar-refractivity contribution in [1.82, 2.24) is 14.5 Å². The minimum absolute atomic E-state index is 0.00302. The molecule has 8 nitrogen and oxygen atoms in total. The highest BCUT2D eigenvalue weighted by Crippen LogP contribution is 2.18. The maximum atomic E-state index is 12.7. The molecular formula is C18H31N5O3. The van der Waals surface area contributed by atoms with Crippen LogP contribution in [0.5, 0.6) is 0 Å². The zero-order valence-electron chi connectivity index (χ0n) is 15.9. The van der Waals surface area contributed by atoms with Crippen molar-refractivity contribution in [3.63, 3.8) is 0 Å². The van der Waals surface area contributed by atoms with Crippen molar-refractivity contribution < 1.29 is 4.79 Å². The second-order valence-electron chi connectivity index (χ2n) is 6.86. The van der Waals surface area contributed by atoms with Gasteiger partial charge in [-0.3, -0.25) is 19.1 Å². The number of rotatable bonds is 8. The van der Waals surface area contributed by atoms with Crippen LogP contribution in [-0.2, 0) is 11.3 Å². The molecule has 0 aromatic carbocycles. The van der Waals surface area contributed by atoms with Gasteiger partial charge in [0.25, 0.3) is 5.56 Å². The molecule has 26 heavy (non-hydrogen) atoms. The van der Waals surface area contributed by atoms with Crippen LogP contribution in [-0.4, -0.2) is 46.5 Å². The predicted octanol–water partition coefficient (Wildman–Crippen LogP) is 1.15. The van der Waals surface area contributed by atoms with E-state index in [1.807, 2.05) is 18.7 Å². The molecule has 0 spiro atoms. The molecule has 146 valence electrons. The Labute approximate surface area is 154 Å². The number of unbranched alkanes of at least 4 members (excludes halogenated alkanes) is 1. The number of piperidine rings is 1. The number of H-pyrrole nitrogens is 1. The van der Waals surface area contributed by atoms with E-state index in [-0.39, 0.29) is 24.0 Å². The van der Waals surface area contributed by atoms with Crippen LogP contribution in [0, 0.1) is 0 Å². The Morgan fingerprint density at radius 3 is 2.46 bits per heavy atom. The molecular weight excluding hydrogens is 334 g/mol. The summed E-state index contributed by atoms with van der Waals surface area (Å²) in [5, 5.41) is 0. The fourth-order valence-electron chi connectivity index (χ4n) is 3.37. The molecule has 0 radical (unpaired) electrons. The van der Waals surface area contributed by atoms with Crippen LogP contribution in [0.1, 0.15) is 52.4 Å². The first kappa shape index (κ1) is 20.1. The van der Waals surface area contributed by atoms with Gasteiger partial charge in [-0.15, -0.1) is 0 Å². The number of nitrogens with one attached hydrogen (secondary N) is 1. The molecule has 8 heteroatoms. The lowest BCUT2D eigenvalue weighted by Crippen LogP contribution is -2.46. The standard InChI is InChI=1S/C18H31N5O3/c1-3-5-12-23-16(19)15(17(25)20-18(23)26)22(9-4-2)13-14(24)21-10-7-6-8-11-21/h3-13,19H2,1-2H3,(H,20,25,26). The number of hydrogen-bond acceptors (Lipinski definition) is 5. The van der Waals surface area contributed by atoms with Crippen molar-refractivity contribution in [3.05, 3.63) is 20.8 Å². The molecule has 0 atom stereocenters. The van der Waals surface area contributed by atoms with Gasteiger partial charge in [0.1, 0.15) is 11.5 Å². The van der Waals surface area contributed by atoms with E-state index < -0.39 is 11.2 Å². The monoisotopic (exact) mass is 365 g/mol. The molecule has 1 aliphatic rings. The van der Waals surface area contributed by atoms with Gasteiger partial charge in [0.15, 0.2) is 0 Å². The van der Waals surface area contributed by atoms with Crippen LogP contribution in [0.2, 0.25) is 0 Å². The Hall–Kier alpha value is -2.25. The third-order valence-electron chi connectivity index (χ3n) is 4.79. The lowest BCUT2D eigenvalue weighted by Gasteiger charge is -2.31. The molecule has 1 fully saturated rings. The van der Waals surface area contributed by atoms with Gasteiger partial charge in [-0.1, -0.05) is 20.3 Å². The molecule has 1 aromatic heterocycles. The van der Waals surface area contributed by atoms with Gasteiger partial charge >= 0.3 is 5.69 Å². The SMILES string of the molecule is CCCCn1c(N)c(N(CCC)CC(=O)N2CCCCC2)c(=O)[nH]c1=O. The quantitative estimate of drug-likeness (QED) is 0.719. The summed E-state index contributed by atoms with van der Waals surface area (Å²) in [5.74, 6) is 0.148. The zero-order valence-corrected chi connectivity index (χ0v) is 15.9. The second-order valence-corrected chi connectivity index (χ2v) is 6.86. The van der Waals surface area contributed by atoms with Crippen molar-refractivity contribution in [2.75, 3.05) is 36.8 Å². The number of carbonyl (C=O) groups is 1. The number of nitrogens with zero attached hydrogens (tertiary/aromatic N) is 3. The Morgan fingerprint density at radius 1 is 1.15 bits per heavy atom. The summed E-state index contributed by atoms with van der Waals surface area (Å²) in [6.45, 7) is 6.61. The van der Waals surface area contributed by atoms with Gasteiger partial charge in [-0.05, 0) is 32.1 Å².